The van der Waals surface area contributed by atoms with Crippen LogP contribution in [0.5, 0.6) is 5.75 Å². The molecule has 0 aliphatic heterocycles. The quantitative estimate of drug-likeness (QED) is 0.923. The van der Waals surface area contributed by atoms with Gasteiger partial charge in [0.2, 0.25) is 10.0 Å². The maximum absolute atomic E-state index is 11.1. The standard InChI is InChI=1S/C16H19NO3S/c1-12(2)14-5-3-13(4-6-14)11-20-15-7-9-16(10-8-15)21(17,18)19/h3-10,12H,11H2,1-2H3,(H2,17,18,19). The minimum atomic E-state index is -3.66. The van der Waals surface area contributed by atoms with Crippen LogP contribution in [0.1, 0.15) is 30.9 Å². The Labute approximate surface area is 125 Å². The van der Waals surface area contributed by atoms with Gasteiger partial charge >= 0.3 is 0 Å². The van der Waals surface area contributed by atoms with Gasteiger partial charge in [0.1, 0.15) is 12.4 Å². The number of primary sulfonamides is 1. The molecule has 0 amide bonds. The Bertz CT molecular complexity index is 689. The highest BCUT2D eigenvalue weighted by Crippen LogP contribution is 2.18. The molecule has 0 unspecified atom stereocenters. The van der Waals surface area contributed by atoms with Crippen molar-refractivity contribution in [2.75, 3.05) is 0 Å². The van der Waals surface area contributed by atoms with Crippen LogP contribution in [0.3, 0.4) is 0 Å². The largest absolute Gasteiger partial charge is 0.489 e. The van der Waals surface area contributed by atoms with Crippen LogP contribution >= 0.6 is 0 Å². The summed E-state index contributed by atoms with van der Waals surface area (Å²) in [6.45, 7) is 4.74. The van der Waals surface area contributed by atoms with Gasteiger partial charge in [0, 0.05) is 0 Å². The van der Waals surface area contributed by atoms with Crippen molar-refractivity contribution in [2.24, 2.45) is 5.14 Å². The van der Waals surface area contributed by atoms with Gasteiger partial charge in [-0.1, -0.05) is 38.1 Å². The lowest BCUT2D eigenvalue weighted by Crippen LogP contribution is -2.11. The van der Waals surface area contributed by atoms with Gasteiger partial charge < -0.3 is 4.74 Å². The molecule has 0 heterocycles. The zero-order chi connectivity index (χ0) is 15.5. The van der Waals surface area contributed by atoms with E-state index in [2.05, 4.69) is 26.0 Å². The van der Waals surface area contributed by atoms with Crippen molar-refractivity contribution in [3.8, 4) is 5.75 Å². The minimum absolute atomic E-state index is 0.0798. The fourth-order valence-corrected chi connectivity index (χ4v) is 2.41. The summed E-state index contributed by atoms with van der Waals surface area (Å²) in [5.41, 5.74) is 2.35. The van der Waals surface area contributed by atoms with Crippen LogP contribution in [0.25, 0.3) is 0 Å². The highest BCUT2D eigenvalue weighted by Gasteiger charge is 2.07. The van der Waals surface area contributed by atoms with Crippen LogP contribution < -0.4 is 9.88 Å². The number of hydrogen-bond donors (Lipinski definition) is 1. The minimum Gasteiger partial charge on any atom is -0.489 e. The van der Waals surface area contributed by atoms with E-state index in [0.29, 0.717) is 18.3 Å². The van der Waals surface area contributed by atoms with E-state index >= 15 is 0 Å². The first-order valence-corrected chi connectivity index (χ1v) is 8.25. The molecule has 0 radical (unpaired) electrons. The highest BCUT2D eigenvalue weighted by atomic mass is 32.2. The Balaban J connectivity index is 2.00. The normalized spacial score (nSPS) is 11.6. The summed E-state index contributed by atoms with van der Waals surface area (Å²) >= 11 is 0. The predicted molar refractivity (Wildman–Crippen MR) is 82.7 cm³/mol. The summed E-state index contributed by atoms with van der Waals surface area (Å²) in [7, 11) is -3.66. The van der Waals surface area contributed by atoms with Gasteiger partial charge in [0.05, 0.1) is 4.90 Å². The summed E-state index contributed by atoms with van der Waals surface area (Å²) in [6.07, 6.45) is 0. The molecule has 0 aromatic heterocycles. The van der Waals surface area contributed by atoms with E-state index in [0.717, 1.165) is 5.56 Å². The third kappa shape index (κ3) is 4.31. The number of ether oxygens (including phenoxy) is 1. The van der Waals surface area contributed by atoms with E-state index < -0.39 is 10.0 Å². The van der Waals surface area contributed by atoms with Crippen molar-refractivity contribution in [1.29, 1.82) is 0 Å². The lowest BCUT2D eigenvalue weighted by Gasteiger charge is -2.09. The number of rotatable bonds is 5. The van der Waals surface area contributed by atoms with Crippen molar-refractivity contribution in [2.45, 2.75) is 31.3 Å². The number of sulfonamides is 1. The van der Waals surface area contributed by atoms with E-state index in [-0.39, 0.29) is 4.90 Å². The average molecular weight is 305 g/mol. The highest BCUT2D eigenvalue weighted by molar-refractivity contribution is 7.89. The van der Waals surface area contributed by atoms with Gasteiger partial charge in [0.15, 0.2) is 0 Å². The molecule has 21 heavy (non-hydrogen) atoms. The Morgan fingerprint density at radius 2 is 1.57 bits per heavy atom. The number of benzene rings is 2. The molecule has 2 N–H and O–H groups in total. The summed E-state index contributed by atoms with van der Waals surface area (Å²) in [5.74, 6) is 1.11. The molecule has 5 heteroatoms. The van der Waals surface area contributed by atoms with Crippen LogP contribution in [0.15, 0.2) is 53.4 Å². The van der Waals surface area contributed by atoms with Crippen LogP contribution in [0.2, 0.25) is 0 Å². The molecule has 4 nitrogen and oxygen atoms in total. The topological polar surface area (TPSA) is 69.4 Å². The van der Waals surface area contributed by atoms with Crippen LogP contribution in [0.4, 0.5) is 0 Å². The van der Waals surface area contributed by atoms with E-state index in [4.69, 9.17) is 9.88 Å². The second-order valence-corrected chi connectivity index (χ2v) is 6.76. The molecule has 0 saturated heterocycles. The van der Waals surface area contributed by atoms with Gasteiger partial charge in [-0.3, -0.25) is 0 Å². The van der Waals surface area contributed by atoms with Gasteiger partial charge in [-0.05, 0) is 41.3 Å². The predicted octanol–water partition coefficient (Wildman–Crippen LogP) is 3.04. The van der Waals surface area contributed by atoms with Crippen molar-refractivity contribution in [1.82, 2.24) is 0 Å². The summed E-state index contributed by atoms with van der Waals surface area (Å²) < 4.78 is 27.9. The first-order chi connectivity index (χ1) is 9.86. The molecule has 0 aliphatic carbocycles. The van der Waals surface area contributed by atoms with Crippen molar-refractivity contribution >= 4 is 10.0 Å². The molecule has 2 aromatic carbocycles. The first kappa shape index (κ1) is 15.5. The zero-order valence-electron chi connectivity index (χ0n) is 12.1. The fraction of sp³-hybridized carbons (Fsp3) is 0.250. The molecular formula is C16H19NO3S. The molecular weight excluding hydrogens is 286 g/mol. The molecule has 0 spiro atoms. The second-order valence-electron chi connectivity index (χ2n) is 5.20. The Kier molecular flexibility index (Phi) is 4.65. The fourth-order valence-electron chi connectivity index (χ4n) is 1.89. The maximum atomic E-state index is 11.1. The first-order valence-electron chi connectivity index (χ1n) is 6.71. The summed E-state index contributed by atoms with van der Waals surface area (Å²) in [5, 5.41) is 5.04. The smallest absolute Gasteiger partial charge is 0.238 e. The van der Waals surface area contributed by atoms with E-state index in [1.54, 1.807) is 12.1 Å². The molecule has 0 atom stereocenters. The number of nitrogens with two attached hydrogens (primary N) is 1. The molecule has 0 saturated carbocycles. The lowest BCUT2D eigenvalue weighted by atomic mass is 10.0. The van der Waals surface area contributed by atoms with Gasteiger partial charge in [0.25, 0.3) is 0 Å². The van der Waals surface area contributed by atoms with Crippen molar-refractivity contribution in [3.63, 3.8) is 0 Å². The zero-order valence-corrected chi connectivity index (χ0v) is 12.9. The van der Waals surface area contributed by atoms with Crippen LogP contribution in [0, 0.1) is 0 Å². The Morgan fingerprint density at radius 3 is 2.05 bits per heavy atom. The molecule has 112 valence electrons. The Morgan fingerprint density at radius 1 is 1.00 bits per heavy atom. The third-order valence-electron chi connectivity index (χ3n) is 3.20. The van der Waals surface area contributed by atoms with Crippen molar-refractivity contribution in [3.05, 3.63) is 59.7 Å². The van der Waals surface area contributed by atoms with Crippen molar-refractivity contribution < 1.29 is 13.2 Å². The van der Waals surface area contributed by atoms with Gasteiger partial charge in [-0.15, -0.1) is 0 Å². The average Bonchev–Trinajstić information content (AvgIpc) is 2.45. The summed E-state index contributed by atoms with van der Waals surface area (Å²) in [6, 6.07) is 14.3. The monoisotopic (exact) mass is 305 g/mol. The SMILES string of the molecule is CC(C)c1ccc(COc2ccc(S(N)(=O)=O)cc2)cc1. The van der Waals surface area contributed by atoms with Crippen LogP contribution in [-0.4, -0.2) is 8.42 Å². The molecule has 2 rings (SSSR count). The molecule has 0 bridgehead atoms. The second kappa shape index (κ2) is 6.28. The summed E-state index contributed by atoms with van der Waals surface area (Å²) in [4.78, 5) is 0.0798. The molecule has 0 fully saturated rings. The lowest BCUT2D eigenvalue weighted by molar-refractivity contribution is 0.306. The third-order valence-corrected chi connectivity index (χ3v) is 4.13. The van der Waals surface area contributed by atoms with E-state index in [9.17, 15) is 8.42 Å². The van der Waals surface area contributed by atoms with E-state index in [1.165, 1.54) is 17.7 Å². The van der Waals surface area contributed by atoms with Crippen LogP contribution in [-0.2, 0) is 16.6 Å². The molecule has 0 aliphatic rings. The van der Waals surface area contributed by atoms with Gasteiger partial charge in [-0.2, -0.15) is 0 Å². The maximum Gasteiger partial charge on any atom is 0.238 e. The number of hydrogen-bond acceptors (Lipinski definition) is 3. The Hall–Kier alpha value is -1.85. The van der Waals surface area contributed by atoms with Gasteiger partial charge in [-0.25, -0.2) is 13.6 Å². The molecule has 2 aromatic rings. The van der Waals surface area contributed by atoms with E-state index in [1.807, 2.05) is 12.1 Å².